The molecule has 1 aromatic heterocycles. The van der Waals surface area contributed by atoms with E-state index >= 15 is 0 Å². The third-order valence-electron chi connectivity index (χ3n) is 3.67. The van der Waals surface area contributed by atoms with E-state index in [1.807, 2.05) is 18.7 Å². The molecule has 0 aromatic carbocycles. The molecule has 0 saturated carbocycles. The highest BCUT2D eigenvalue weighted by Crippen LogP contribution is 2.34. The average molecular weight is 286 g/mol. The second-order valence-corrected chi connectivity index (χ2v) is 7.16. The van der Waals surface area contributed by atoms with Gasteiger partial charge in [0.25, 0.3) is 0 Å². The summed E-state index contributed by atoms with van der Waals surface area (Å²) in [5.41, 5.74) is 6.03. The molecule has 1 saturated heterocycles. The minimum Gasteiger partial charge on any atom is -0.383 e. The van der Waals surface area contributed by atoms with Crippen LogP contribution >= 0.6 is 0 Å². The molecule has 0 radical (unpaired) electrons. The summed E-state index contributed by atoms with van der Waals surface area (Å²) in [6.07, 6.45) is 4.19. The van der Waals surface area contributed by atoms with E-state index in [-0.39, 0.29) is 16.8 Å². The molecule has 0 amide bonds. The molecule has 1 aliphatic rings. The van der Waals surface area contributed by atoms with Crippen molar-refractivity contribution in [1.29, 1.82) is 0 Å². The maximum absolute atomic E-state index is 12.0. The molecule has 0 spiro atoms. The predicted octanol–water partition coefficient (Wildman–Crippen LogP) is 1.44. The summed E-state index contributed by atoms with van der Waals surface area (Å²) in [7, 11) is -3.37. The zero-order chi connectivity index (χ0) is 14.2. The van der Waals surface area contributed by atoms with E-state index in [2.05, 4.69) is 5.10 Å². The largest absolute Gasteiger partial charge is 0.383 e. The molecule has 1 aliphatic heterocycles. The lowest BCUT2D eigenvalue weighted by Crippen LogP contribution is -2.20. The molecule has 6 nitrogen and oxygen atoms in total. The van der Waals surface area contributed by atoms with Crippen LogP contribution in [0.3, 0.4) is 0 Å². The van der Waals surface area contributed by atoms with Gasteiger partial charge in [-0.05, 0) is 26.2 Å². The van der Waals surface area contributed by atoms with Crippen molar-refractivity contribution in [3.05, 3.63) is 0 Å². The number of sulfone groups is 1. The van der Waals surface area contributed by atoms with Gasteiger partial charge in [0.1, 0.15) is 5.82 Å². The van der Waals surface area contributed by atoms with E-state index < -0.39 is 9.84 Å². The van der Waals surface area contributed by atoms with Gasteiger partial charge in [-0.25, -0.2) is 13.1 Å². The number of nitrogen functional groups attached to an aromatic ring is 1. The Morgan fingerprint density at radius 1 is 1.37 bits per heavy atom. The quantitative estimate of drug-likeness (QED) is 0.905. The summed E-state index contributed by atoms with van der Waals surface area (Å²) >= 11 is 0. The third-order valence-corrected chi connectivity index (χ3v) is 4.80. The molecule has 1 atom stereocenters. The van der Waals surface area contributed by atoms with Gasteiger partial charge in [0.05, 0.1) is 6.04 Å². The van der Waals surface area contributed by atoms with Crippen LogP contribution in [0.15, 0.2) is 4.90 Å². The fourth-order valence-electron chi connectivity index (χ4n) is 2.42. The van der Waals surface area contributed by atoms with Gasteiger partial charge in [-0.2, -0.15) is 5.10 Å². The first-order valence-corrected chi connectivity index (χ1v) is 8.58. The highest BCUT2D eigenvalue weighted by molar-refractivity contribution is 7.91. The fourth-order valence-corrected chi connectivity index (χ4v) is 3.40. The lowest BCUT2D eigenvalue weighted by Gasteiger charge is -2.15. The van der Waals surface area contributed by atoms with Crippen molar-refractivity contribution < 1.29 is 8.42 Å². The molecule has 1 aromatic rings. The molecule has 108 valence electrons. The van der Waals surface area contributed by atoms with Crippen LogP contribution in [-0.2, 0) is 9.84 Å². The zero-order valence-corrected chi connectivity index (χ0v) is 12.6. The summed E-state index contributed by atoms with van der Waals surface area (Å²) in [5.74, 6) is 0.788. The highest BCUT2D eigenvalue weighted by Gasteiger charge is 2.29. The second kappa shape index (κ2) is 5.03. The molecule has 7 heteroatoms. The van der Waals surface area contributed by atoms with Crippen LogP contribution in [-0.4, -0.2) is 37.5 Å². The van der Waals surface area contributed by atoms with Crippen molar-refractivity contribution in [2.75, 3.05) is 30.0 Å². The van der Waals surface area contributed by atoms with Gasteiger partial charge in [-0.3, -0.25) is 0 Å². The van der Waals surface area contributed by atoms with Gasteiger partial charge in [-0.15, -0.1) is 0 Å². The van der Waals surface area contributed by atoms with Crippen LogP contribution in [0, 0.1) is 0 Å². The zero-order valence-electron chi connectivity index (χ0n) is 11.8. The second-order valence-electron chi connectivity index (χ2n) is 5.21. The molecule has 0 aliphatic carbocycles. The van der Waals surface area contributed by atoms with E-state index in [9.17, 15) is 8.42 Å². The van der Waals surface area contributed by atoms with Crippen molar-refractivity contribution in [2.45, 2.75) is 44.0 Å². The van der Waals surface area contributed by atoms with Gasteiger partial charge in [-0.1, -0.05) is 6.92 Å². The van der Waals surface area contributed by atoms with E-state index in [4.69, 9.17) is 5.73 Å². The van der Waals surface area contributed by atoms with E-state index in [1.165, 1.54) is 6.26 Å². The van der Waals surface area contributed by atoms with Crippen molar-refractivity contribution >= 4 is 21.5 Å². The summed E-state index contributed by atoms with van der Waals surface area (Å²) in [5, 5.41) is 4.47. The number of hydrogen-bond donors (Lipinski definition) is 1. The number of aromatic nitrogens is 2. The molecular formula is C12H22N4O2S. The lowest BCUT2D eigenvalue weighted by atomic mass is 10.3. The SMILES string of the molecule is CCC(C)n1nc(N2CCCC2)c(S(C)(=O)=O)c1N. The summed E-state index contributed by atoms with van der Waals surface area (Å²) in [4.78, 5) is 2.21. The maximum atomic E-state index is 12.0. The Morgan fingerprint density at radius 2 is 1.95 bits per heavy atom. The first kappa shape index (κ1) is 14.2. The Bertz CT molecular complexity index is 559. The van der Waals surface area contributed by atoms with Crippen molar-refractivity contribution in [3.8, 4) is 0 Å². The van der Waals surface area contributed by atoms with Gasteiger partial charge >= 0.3 is 0 Å². The van der Waals surface area contributed by atoms with Crippen LogP contribution in [0.5, 0.6) is 0 Å². The monoisotopic (exact) mass is 286 g/mol. The molecule has 1 fully saturated rings. The maximum Gasteiger partial charge on any atom is 0.182 e. The first-order valence-electron chi connectivity index (χ1n) is 6.69. The number of rotatable bonds is 4. The smallest absolute Gasteiger partial charge is 0.182 e. The number of nitrogens with two attached hydrogens (primary N) is 1. The predicted molar refractivity (Wildman–Crippen MR) is 76.2 cm³/mol. The summed E-state index contributed by atoms with van der Waals surface area (Å²) in [6.45, 7) is 5.71. The van der Waals surface area contributed by atoms with Crippen molar-refractivity contribution in [2.24, 2.45) is 0 Å². The Morgan fingerprint density at radius 3 is 2.42 bits per heavy atom. The lowest BCUT2D eigenvalue weighted by molar-refractivity contribution is 0.484. The van der Waals surface area contributed by atoms with Crippen LogP contribution in [0.1, 0.15) is 39.2 Å². The Kier molecular flexibility index (Phi) is 3.75. The minimum atomic E-state index is -3.37. The number of nitrogens with zero attached hydrogens (tertiary/aromatic N) is 3. The van der Waals surface area contributed by atoms with Gasteiger partial charge in [0.15, 0.2) is 20.6 Å². The molecule has 2 rings (SSSR count). The summed E-state index contributed by atoms with van der Waals surface area (Å²) < 4.78 is 25.6. The Balaban J connectivity index is 2.57. The summed E-state index contributed by atoms with van der Waals surface area (Å²) in [6, 6.07) is 0.0943. The van der Waals surface area contributed by atoms with E-state index in [0.717, 1.165) is 32.4 Å². The van der Waals surface area contributed by atoms with Crippen molar-refractivity contribution in [3.63, 3.8) is 0 Å². The van der Waals surface area contributed by atoms with Crippen LogP contribution in [0.2, 0.25) is 0 Å². The molecule has 1 unspecified atom stereocenters. The number of anilines is 2. The molecule has 2 heterocycles. The minimum absolute atomic E-state index is 0.0943. The topological polar surface area (TPSA) is 81.2 Å². The molecule has 2 N–H and O–H groups in total. The van der Waals surface area contributed by atoms with E-state index in [1.54, 1.807) is 4.68 Å². The Labute approximate surface area is 114 Å². The third kappa shape index (κ3) is 2.56. The molecule has 19 heavy (non-hydrogen) atoms. The first-order chi connectivity index (χ1) is 8.86. The average Bonchev–Trinajstić information content (AvgIpc) is 2.93. The molecule has 0 bridgehead atoms. The van der Waals surface area contributed by atoms with E-state index in [0.29, 0.717) is 5.82 Å². The van der Waals surface area contributed by atoms with Gasteiger partial charge in [0, 0.05) is 19.3 Å². The van der Waals surface area contributed by atoms with Gasteiger partial charge < -0.3 is 10.6 Å². The molecular weight excluding hydrogens is 264 g/mol. The Hall–Kier alpha value is -1.24. The number of hydrogen-bond acceptors (Lipinski definition) is 5. The van der Waals surface area contributed by atoms with Gasteiger partial charge in [0.2, 0.25) is 0 Å². The highest BCUT2D eigenvalue weighted by atomic mass is 32.2. The van der Waals surface area contributed by atoms with Crippen LogP contribution < -0.4 is 10.6 Å². The normalized spacial score (nSPS) is 17.9. The van der Waals surface area contributed by atoms with Crippen LogP contribution in [0.25, 0.3) is 0 Å². The van der Waals surface area contributed by atoms with Crippen molar-refractivity contribution in [1.82, 2.24) is 9.78 Å². The standard InChI is InChI=1S/C12H22N4O2S/c1-4-9(2)16-11(13)10(19(3,17)18)12(14-16)15-7-5-6-8-15/h9H,4-8,13H2,1-3H3. The fraction of sp³-hybridized carbons (Fsp3) is 0.750. The van der Waals surface area contributed by atoms with Crippen LogP contribution in [0.4, 0.5) is 11.6 Å².